The van der Waals surface area contributed by atoms with Gasteiger partial charge in [0.25, 0.3) is 0 Å². The summed E-state index contributed by atoms with van der Waals surface area (Å²) in [6, 6.07) is 7.19. The number of nitrogens with zero attached hydrogens (tertiary/aromatic N) is 2. The summed E-state index contributed by atoms with van der Waals surface area (Å²) in [4.78, 5) is 3.73. The summed E-state index contributed by atoms with van der Waals surface area (Å²) in [5, 5.41) is 9.36. The van der Waals surface area contributed by atoms with Crippen LogP contribution in [-0.4, -0.2) is 26.3 Å². The van der Waals surface area contributed by atoms with Crippen molar-refractivity contribution in [3.63, 3.8) is 0 Å². The number of alkyl halides is 3. The third-order valence-corrected chi connectivity index (χ3v) is 3.49. The van der Waals surface area contributed by atoms with Gasteiger partial charge in [0.2, 0.25) is 5.75 Å². The van der Waals surface area contributed by atoms with Crippen LogP contribution in [0.25, 0.3) is 11.6 Å². The monoisotopic (exact) mass is 364 g/mol. The summed E-state index contributed by atoms with van der Waals surface area (Å²) in [7, 11) is 4.36. The van der Waals surface area contributed by atoms with Gasteiger partial charge in [-0.15, -0.1) is 0 Å². The zero-order chi connectivity index (χ0) is 19.3. The van der Waals surface area contributed by atoms with Gasteiger partial charge in [-0.3, -0.25) is 4.98 Å². The number of hydrogen-bond acceptors (Lipinski definition) is 5. The van der Waals surface area contributed by atoms with E-state index in [1.165, 1.54) is 27.4 Å². The van der Waals surface area contributed by atoms with Gasteiger partial charge in [0, 0.05) is 6.20 Å². The lowest BCUT2D eigenvalue weighted by Gasteiger charge is -2.13. The molecule has 0 bridgehead atoms. The molecular weight excluding hydrogens is 349 g/mol. The van der Waals surface area contributed by atoms with Crippen molar-refractivity contribution in [2.45, 2.75) is 6.18 Å². The Kier molecular flexibility index (Phi) is 5.72. The third-order valence-electron chi connectivity index (χ3n) is 3.49. The number of pyridine rings is 1. The first-order valence-electron chi connectivity index (χ1n) is 7.29. The van der Waals surface area contributed by atoms with Crippen LogP contribution in [0.4, 0.5) is 13.2 Å². The van der Waals surface area contributed by atoms with E-state index in [0.29, 0.717) is 29.0 Å². The van der Waals surface area contributed by atoms with E-state index < -0.39 is 11.7 Å². The van der Waals surface area contributed by atoms with E-state index in [1.54, 1.807) is 12.1 Å². The molecule has 0 spiro atoms. The molecule has 2 rings (SSSR count). The molecule has 0 fully saturated rings. The van der Waals surface area contributed by atoms with Gasteiger partial charge in [-0.2, -0.15) is 18.4 Å². The van der Waals surface area contributed by atoms with Crippen LogP contribution >= 0.6 is 0 Å². The zero-order valence-corrected chi connectivity index (χ0v) is 14.2. The molecule has 0 atom stereocenters. The molecule has 0 saturated carbocycles. The second-order valence-corrected chi connectivity index (χ2v) is 5.06. The lowest BCUT2D eigenvalue weighted by atomic mass is 10.1. The number of methoxy groups -OCH3 is 3. The van der Waals surface area contributed by atoms with Crippen molar-refractivity contribution in [2.75, 3.05) is 21.3 Å². The molecule has 1 heterocycles. The Hall–Kier alpha value is -3.21. The average Bonchev–Trinajstić information content (AvgIpc) is 2.64. The van der Waals surface area contributed by atoms with Crippen LogP contribution in [0.2, 0.25) is 0 Å². The van der Waals surface area contributed by atoms with Crippen LogP contribution < -0.4 is 14.2 Å². The van der Waals surface area contributed by atoms with Crippen LogP contribution in [0.15, 0.2) is 30.5 Å². The van der Waals surface area contributed by atoms with Gasteiger partial charge in [0.1, 0.15) is 6.07 Å². The van der Waals surface area contributed by atoms with Crippen LogP contribution in [0.3, 0.4) is 0 Å². The van der Waals surface area contributed by atoms with Crippen LogP contribution in [0, 0.1) is 11.3 Å². The lowest BCUT2D eigenvalue weighted by molar-refractivity contribution is -0.137. The smallest absolute Gasteiger partial charge is 0.417 e. The first kappa shape index (κ1) is 19.1. The highest BCUT2D eigenvalue weighted by Crippen LogP contribution is 2.39. The van der Waals surface area contributed by atoms with Gasteiger partial charge >= 0.3 is 6.18 Å². The van der Waals surface area contributed by atoms with Gasteiger partial charge < -0.3 is 14.2 Å². The van der Waals surface area contributed by atoms with Crippen molar-refractivity contribution in [3.05, 3.63) is 47.3 Å². The maximum absolute atomic E-state index is 12.6. The standard InChI is InChI=1S/C18H15F3N2O3/c1-24-15-7-11(8-16(25-2)17(15)26-3)6-12(9-22)14-5-4-13(10-23-14)18(19,20)21/h4-8,10H,1-3H3/b12-6+. The van der Waals surface area contributed by atoms with Crippen LogP contribution in [0.5, 0.6) is 17.2 Å². The SMILES string of the molecule is COc1cc(/C=C(\C#N)c2ccc(C(F)(F)F)cn2)cc(OC)c1OC. The molecule has 0 aliphatic rings. The highest BCUT2D eigenvalue weighted by molar-refractivity contribution is 5.89. The molecule has 0 unspecified atom stereocenters. The maximum Gasteiger partial charge on any atom is 0.417 e. The predicted molar refractivity (Wildman–Crippen MR) is 88.8 cm³/mol. The number of halogens is 3. The molecule has 0 aliphatic heterocycles. The molecule has 0 aliphatic carbocycles. The van der Waals surface area contributed by atoms with Gasteiger partial charge in [0.15, 0.2) is 11.5 Å². The van der Waals surface area contributed by atoms with Gasteiger partial charge in [-0.25, -0.2) is 0 Å². The van der Waals surface area contributed by atoms with Crippen LogP contribution in [-0.2, 0) is 6.18 Å². The molecule has 0 amide bonds. The molecule has 0 N–H and O–H groups in total. The van der Waals surface area contributed by atoms with E-state index in [-0.39, 0.29) is 11.3 Å². The Bertz CT molecular complexity index is 828. The molecule has 2 aromatic rings. The maximum atomic E-state index is 12.6. The zero-order valence-electron chi connectivity index (χ0n) is 14.2. The summed E-state index contributed by atoms with van der Waals surface area (Å²) in [6.07, 6.45) is -2.32. The largest absolute Gasteiger partial charge is 0.493 e. The third kappa shape index (κ3) is 4.06. The highest BCUT2D eigenvalue weighted by Gasteiger charge is 2.30. The summed E-state index contributed by atoms with van der Waals surface area (Å²) in [5.41, 5.74) is -0.133. The van der Waals surface area contributed by atoms with Crippen molar-refractivity contribution in [2.24, 2.45) is 0 Å². The van der Waals surface area contributed by atoms with E-state index in [1.807, 2.05) is 6.07 Å². The fourth-order valence-corrected chi connectivity index (χ4v) is 2.24. The van der Waals surface area contributed by atoms with E-state index in [4.69, 9.17) is 14.2 Å². The summed E-state index contributed by atoms with van der Waals surface area (Å²) in [6.45, 7) is 0. The summed E-state index contributed by atoms with van der Waals surface area (Å²) >= 11 is 0. The fourth-order valence-electron chi connectivity index (χ4n) is 2.24. The van der Waals surface area contributed by atoms with Gasteiger partial charge in [0.05, 0.1) is 38.2 Å². The quantitative estimate of drug-likeness (QED) is 0.745. The number of hydrogen-bond donors (Lipinski definition) is 0. The molecular formula is C18H15F3N2O3. The summed E-state index contributed by atoms with van der Waals surface area (Å²) in [5.74, 6) is 1.16. The van der Waals surface area contributed by atoms with Crippen molar-refractivity contribution < 1.29 is 27.4 Å². The molecule has 1 aromatic heterocycles. The highest BCUT2D eigenvalue weighted by atomic mass is 19.4. The molecule has 26 heavy (non-hydrogen) atoms. The molecule has 0 saturated heterocycles. The number of ether oxygens (including phenoxy) is 3. The molecule has 136 valence electrons. The first-order valence-corrected chi connectivity index (χ1v) is 7.29. The van der Waals surface area contributed by atoms with Crippen molar-refractivity contribution in [3.8, 4) is 23.3 Å². The molecule has 1 aromatic carbocycles. The Labute approximate surface area is 148 Å². The van der Waals surface area contributed by atoms with Gasteiger partial charge in [-0.1, -0.05) is 0 Å². The Balaban J connectivity index is 2.48. The van der Waals surface area contributed by atoms with Crippen LogP contribution in [0.1, 0.15) is 16.8 Å². The normalized spacial score (nSPS) is 11.7. The molecule has 0 radical (unpaired) electrons. The van der Waals surface area contributed by atoms with E-state index in [9.17, 15) is 18.4 Å². The topological polar surface area (TPSA) is 64.4 Å². The minimum atomic E-state index is -4.49. The number of benzene rings is 1. The fraction of sp³-hybridized carbons (Fsp3) is 0.222. The lowest BCUT2D eigenvalue weighted by Crippen LogP contribution is -2.05. The van der Waals surface area contributed by atoms with E-state index >= 15 is 0 Å². The van der Waals surface area contributed by atoms with Crippen molar-refractivity contribution >= 4 is 11.6 Å². The van der Waals surface area contributed by atoms with E-state index in [0.717, 1.165) is 12.1 Å². The molecule has 8 heteroatoms. The Morgan fingerprint density at radius 1 is 1.08 bits per heavy atom. The van der Waals surface area contributed by atoms with Crippen molar-refractivity contribution in [1.29, 1.82) is 5.26 Å². The minimum absolute atomic E-state index is 0.0907. The first-order chi connectivity index (χ1) is 12.3. The number of rotatable bonds is 5. The number of nitriles is 1. The minimum Gasteiger partial charge on any atom is -0.493 e. The predicted octanol–water partition coefficient (Wildman–Crippen LogP) is 4.19. The average molecular weight is 364 g/mol. The van der Waals surface area contributed by atoms with Gasteiger partial charge in [-0.05, 0) is 35.9 Å². The number of allylic oxidation sites excluding steroid dienone is 1. The van der Waals surface area contributed by atoms with Crippen molar-refractivity contribution in [1.82, 2.24) is 4.98 Å². The second kappa shape index (κ2) is 7.78. The Morgan fingerprint density at radius 2 is 1.69 bits per heavy atom. The Morgan fingerprint density at radius 3 is 2.08 bits per heavy atom. The summed E-state index contributed by atoms with van der Waals surface area (Å²) < 4.78 is 53.6. The van der Waals surface area contributed by atoms with E-state index in [2.05, 4.69) is 4.98 Å². The molecule has 5 nitrogen and oxygen atoms in total. The second-order valence-electron chi connectivity index (χ2n) is 5.06. The number of aromatic nitrogens is 1.